The smallest absolute Gasteiger partial charge is 0.236 e. The summed E-state index contributed by atoms with van der Waals surface area (Å²) in [6.45, 7) is 6.90. The van der Waals surface area contributed by atoms with Crippen LogP contribution >= 0.6 is 0 Å². The maximum Gasteiger partial charge on any atom is 0.236 e. The van der Waals surface area contributed by atoms with Crippen molar-refractivity contribution in [1.82, 2.24) is 15.1 Å². The van der Waals surface area contributed by atoms with Gasteiger partial charge >= 0.3 is 0 Å². The zero-order chi connectivity index (χ0) is 13.0. The zero-order valence-electron chi connectivity index (χ0n) is 11.8. The molecule has 0 aliphatic carbocycles. The number of nitrogens with one attached hydrogen (secondary N) is 1. The Bertz CT molecular complexity index is 280. The molecule has 2 aliphatic rings. The summed E-state index contributed by atoms with van der Waals surface area (Å²) in [5, 5.41) is 3.23. The van der Waals surface area contributed by atoms with Crippen molar-refractivity contribution < 1.29 is 4.79 Å². The molecule has 1 amide bonds. The Morgan fingerprint density at radius 1 is 1.28 bits per heavy atom. The largest absolute Gasteiger partial charge is 0.341 e. The van der Waals surface area contributed by atoms with Gasteiger partial charge in [-0.15, -0.1) is 0 Å². The van der Waals surface area contributed by atoms with E-state index in [1.165, 1.54) is 19.3 Å². The van der Waals surface area contributed by atoms with Crippen LogP contribution in [0.4, 0.5) is 0 Å². The van der Waals surface area contributed by atoms with Crippen LogP contribution in [-0.2, 0) is 4.79 Å². The molecule has 4 nitrogen and oxygen atoms in total. The topological polar surface area (TPSA) is 35.6 Å². The summed E-state index contributed by atoms with van der Waals surface area (Å²) in [5.74, 6) is 0.980. The van der Waals surface area contributed by atoms with E-state index < -0.39 is 0 Å². The Hall–Kier alpha value is -0.610. The molecule has 0 unspecified atom stereocenters. The van der Waals surface area contributed by atoms with Gasteiger partial charge in [-0.3, -0.25) is 9.69 Å². The van der Waals surface area contributed by atoms with E-state index >= 15 is 0 Å². The molecular weight excluding hydrogens is 226 g/mol. The van der Waals surface area contributed by atoms with Crippen molar-refractivity contribution in [2.24, 2.45) is 5.92 Å². The lowest BCUT2D eigenvalue weighted by molar-refractivity contribution is -0.134. The van der Waals surface area contributed by atoms with Gasteiger partial charge in [-0.1, -0.05) is 0 Å². The number of amides is 1. The van der Waals surface area contributed by atoms with E-state index in [-0.39, 0.29) is 0 Å². The first-order valence-electron chi connectivity index (χ1n) is 7.37. The van der Waals surface area contributed by atoms with Crippen LogP contribution in [0.25, 0.3) is 0 Å². The van der Waals surface area contributed by atoms with Crippen molar-refractivity contribution in [3.63, 3.8) is 0 Å². The quantitative estimate of drug-likeness (QED) is 0.809. The van der Waals surface area contributed by atoms with Crippen LogP contribution in [0.5, 0.6) is 0 Å². The van der Waals surface area contributed by atoms with E-state index in [1.54, 1.807) is 0 Å². The fourth-order valence-corrected chi connectivity index (χ4v) is 3.25. The molecule has 0 saturated carbocycles. The second-order valence-corrected chi connectivity index (χ2v) is 5.87. The molecule has 2 fully saturated rings. The van der Waals surface area contributed by atoms with E-state index in [9.17, 15) is 4.79 Å². The molecule has 0 bridgehead atoms. The molecular formula is C14H27N3O. The third-order valence-corrected chi connectivity index (χ3v) is 4.39. The summed E-state index contributed by atoms with van der Waals surface area (Å²) in [5.41, 5.74) is 0. The Kier molecular flexibility index (Phi) is 5.01. The van der Waals surface area contributed by atoms with Gasteiger partial charge in [0.05, 0.1) is 6.54 Å². The van der Waals surface area contributed by atoms with Crippen LogP contribution in [0.2, 0.25) is 0 Å². The molecule has 1 N–H and O–H groups in total. The minimum atomic E-state index is 0.338. The van der Waals surface area contributed by atoms with Crippen molar-refractivity contribution in [2.75, 3.05) is 39.8 Å². The normalized spacial score (nSPS) is 29.8. The Morgan fingerprint density at radius 2 is 2.06 bits per heavy atom. The van der Waals surface area contributed by atoms with Crippen LogP contribution < -0.4 is 5.32 Å². The van der Waals surface area contributed by atoms with Gasteiger partial charge in [-0.05, 0) is 58.7 Å². The zero-order valence-corrected chi connectivity index (χ0v) is 11.8. The molecule has 0 radical (unpaired) electrons. The van der Waals surface area contributed by atoms with Gasteiger partial charge in [0, 0.05) is 19.1 Å². The van der Waals surface area contributed by atoms with Gasteiger partial charge in [0.1, 0.15) is 0 Å². The summed E-state index contributed by atoms with van der Waals surface area (Å²) in [6.07, 6.45) is 4.91. The average Bonchev–Trinajstić information content (AvgIpc) is 2.76. The van der Waals surface area contributed by atoms with E-state index in [4.69, 9.17) is 0 Å². The summed E-state index contributed by atoms with van der Waals surface area (Å²) in [6, 6.07) is 0.590. The molecule has 0 aromatic rings. The third kappa shape index (κ3) is 3.45. The van der Waals surface area contributed by atoms with Crippen LogP contribution in [-0.4, -0.2) is 61.5 Å². The highest BCUT2D eigenvalue weighted by atomic mass is 16.2. The minimum Gasteiger partial charge on any atom is -0.341 e. The lowest BCUT2D eigenvalue weighted by Gasteiger charge is -2.34. The highest BCUT2D eigenvalue weighted by Crippen LogP contribution is 2.19. The van der Waals surface area contributed by atoms with Crippen LogP contribution in [0, 0.1) is 5.92 Å². The first-order valence-corrected chi connectivity index (χ1v) is 7.37. The van der Waals surface area contributed by atoms with Crippen molar-refractivity contribution in [3.8, 4) is 0 Å². The Morgan fingerprint density at radius 3 is 2.72 bits per heavy atom. The molecule has 2 saturated heterocycles. The summed E-state index contributed by atoms with van der Waals surface area (Å²) in [4.78, 5) is 16.7. The Balaban J connectivity index is 1.80. The molecule has 18 heavy (non-hydrogen) atoms. The molecule has 0 aromatic carbocycles. The molecule has 2 heterocycles. The first-order chi connectivity index (χ1) is 8.70. The van der Waals surface area contributed by atoms with Crippen molar-refractivity contribution in [2.45, 2.75) is 38.6 Å². The monoisotopic (exact) mass is 253 g/mol. The molecule has 0 spiro atoms. The van der Waals surface area contributed by atoms with Crippen molar-refractivity contribution in [3.05, 3.63) is 0 Å². The number of piperidine rings is 1. The van der Waals surface area contributed by atoms with E-state index in [1.807, 2.05) is 7.05 Å². The molecule has 4 heteroatoms. The van der Waals surface area contributed by atoms with Gasteiger partial charge < -0.3 is 10.2 Å². The van der Waals surface area contributed by atoms with E-state index in [0.29, 0.717) is 24.4 Å². The first kappa shape index (κ1) is 13.8. The van der Waals surface area contributed by atoms with Gasteiger partial charge in [0.2, 0.25) is 5.91 Å². The molecule has 0 aromatic heterocycles. The number of carbonyl (C=O) groups is 1. The Labute approximate surface area is 111 Å². The van der Waals surface area contributed by atoms with Crippen molar-refractivity contribution >= 4 is 5.91 Å². The number of likely N-dealkylation sites (tertiary alicyclic amines) is 2. The molecule has 2 aliphatic heterocycles. The highest BCUT2D eigenvalue weighted by Gasteiger charge is 2.27. The van der Waals surface area contributed by atoms with Gasteiger partial charge in [0.15, 0.2) is 0 Å². The summed E-state index contributed by atoms with van der Waals surface area (Å²) < 4.78 is 0. The summed E-state index contributed by atoms with van der Waals surface area (Å²) in [7, 11) is 1.99. The predicted octanol–water partition coefficient (Wildman–Crippen LogP) is 0.929. The van der Waals surface area contributed by atoms with Crippen LogP contribution in [0.15, 0.2) is 0 Å². The third-order valence-electron chi connectivity index (χ3n) is 4.39. The van der Waals surface area contributed by atoms with Crippen LogP contribution in [0.3, 0.4) is 0 Å². The highest BCUT2D eigenvalue weighted by molar-refractivity contribution is 5.78. The van der Waals surface area contributed by atoms with Gasteiger partial charge in [-0.25, -0.2) is 0 Å². The fraction of sp³-hybridized carbons (Fsp3) is 0.929. The van der Waals surface area contributed by atoms with E-state index in [0.717, 1.165) is 32.6 Å². The lowest BCUT2D eigenvalue weighted by atomic mass is 9.98. The molecule has 2 rings (SSSR count). The number of carbonyl (C=O) groups excluding carboxylic acids is 1. The summed E-state index contributed by atoms with van der Waals surface area (Å²) >= 11 is 0. The standard InChI is InChI=1S/C14H27N3O/c1-12-5-3-7-16(12)11-14(18)17-8-4-6-13(10-17)9-15-2/h12-13,15H,3-11H2,1-2H3/t12-,13-/m0/s1. The molecule has 2 atom stereocenters. The fourth-order valence-electron chi connectivity index (χ4n) is 3.25. The van der Waals surface area contributed by atoms with Crippen molar-refractivity contribution in [1.29, 1.82) is 0 Å². The maximum absolute atomic E-state index is 12.3. The molecule has 104 valence electrons. The number of nitrogens with zero attached hydrogens (tertiary/aromatic N) is 2. The number of hydrogen-bond donors (Lipinski definition) is 1. The lowest BCUT2D eigenvalue weighted by Crippen LogP contribution is -2.47. The van der Waals surface area contributed by atoms with E-state index in [2.05, 4.69) is 22.0 Å². The SMILES string of the molecule is CNC[C@@H]1CCCN(C(=O)CN2CCC[C@@H]2C)C1. The second kappa shape index (κ2) is 6.53. The predicted molar refractivity (Wildman–Crippen MR) is 73.5 cm³/mol. The minimum absolute atomic E-state index is 0.338. The number of hydrogen-bond acceptors (Lipinski definition) is 3. The number of rotatable bonds is 4. The van der Waals surface area contributed by atoms with Gasteiger partial charge in [0.25, 0.3) is 0 Å². The second-order valence-electron chi connectivity index (χ2n) is 5.87. The average molecular weight is 253 g/mol. The van der Waals surface area contributed by atoms with Crippen LogP contribution in [0.1, 0.15) is 32.6 Å². The van der Waals surface area contributed by atoms with Gasteiger partial charge in [-0.2, -0.15) is 0 Å². The maximum atomic E-state index is 12.3.